The first-order valence-electron chi connectivity index (χ1n) is 11.0. The predicted molar refractivity (Wildman–Crippen MR) is 129 cm³/mol. The zero-order valence-electron chi connectivity index (χ0n) is 18.9. The summed E-state index contributed by atoms with van der Waals surface area (Å²) in [5.74, 6) is 1.35. The maximum Gasteiger partial charge on any atom is 0.279 e. The Morgan fingerprint density at radius 1 is 1.06 bits per heavy atom. The molecule has 1 N–H and O–H groups in total. The predicted octanol–water partition coefficient (Wildman–Crippen LogP) is 5.10. The summed E-state index contributed by atoms with van der Waals surface area (Å²) in [7, 11) is 0. The van der Waals surface area contributed by atoms with Gasteiger partial charge in [-0.1, -0.05) is 47.1 Å². The number of carbonyl (C=O) groups excluding carboxylic acids is 1. The van der Waals surface area contributed by atoms with Gasteiger partial charge in [-0.3, -0.25) is 9.48 Å². The number of aromatic nitrogens is 4. The standard InChI is InChI=1S/C26H23N5O3/c1-3-33-20-13-11-19(12-14-20)27-23(32)16-31-22-10-5-4-9-21(22)24(29-31)26-28-25(30-34-26)18-8-6-7-17(2)15-18/h4-15H,3,16H2,1-2H3,(H,27,32). The highest BCUT2D eigenvalue weighted by Crippen LogP contribution is 2.29. The highest BCUT2D eigenvalue weighted by molar-refractivity contribution is 5.94. The lowest BCUT2D eigenvalue weighted by molar-refractivity contribution is -0.116. The Bertz CT molecular complexity index is 1450. The molecule has 0 saturated carbocycles. The van der Waals surface area contributed by atoms with Gasteiger partial charge in [0.2, 0.25) is 11.7 Å². The number of anilines is 1. The molecule has 0 aliphatic heterocycles. The van der Waals surface area contributed by atoms with Gasteiger partial charge in [-0.2, -0.15) is 10.1 Å². The lowest BCUT2D eigenvalue weighted by atomic mass is 10.1. The van der Waals surface area contributed by atoms with Crippen molar-refractivity contribution >= 4 is 22.5 Å². The van der Waals surface area contributed by atoms with E-state index in [4.69, 9.17) is 9.26 Å². The van der Waals surface area contributed by atoms with E-state index in [9.17, 15) is 4.79 Å². The van der Waals surface area contributed by atoms with Crippen LogP contribution in [0, 0.1) is 6.92 Å². The highest BCUT2D eigenvalue weighted by atomic mass is 16.5. The van der Waals surface area contributed by atoms with Crippen molar-refractivity contribution in [2.24, 2.45) is 0 Å². The number of ether oxygens (including phenoxy) is 1. The smallest absolute Gasteiger partial charge is 0.279 e. The van der Waals surface area contributed by atoms with E-state index in [0.717, 1.165) is 27.8 Å². The first-order valence-corrected chi connectivity index (χ1v) is 11.0. The lowest BCUT2D eigenvalue weighted by Crippen LogP contribution is -2.19. The number of aryl methyl sites for hydroxylation is 1. The fourth-order valence-electron chi connectivity index (χ4n) is 3.76. The molecule has 0 atom stereocenters. The Kier molecular flexibility index (Phi) is 5.78. The molecule has 3 aromatic carbocycles. The second kappa shape index (κ2) is 9.19. The topological polar surface area (TPSA) is 95.1 Å². The molecular weight excluding hydrogens is 430 g/mol. The normalized spacial score (nSPS) is 11.0. The van der Waals surface area contributed by atoms with Gasteiger partial charge in [0.25, 0.3) is 5.89 Å². The summed E-state index contributed by atoms with van der Waals surface area (Å²) >= 11 is 0. The van der Waals surface area contributed by atoms with Crippen LogP contribution in [0.3, 0.4) is 0 Å². The summed E-state index contributed by atoms with van der Waals surface area (Å²) in [6.07, 6.45) is 0. The van der Waals surface area contributed by atoms with Crippen LogP contribution < -0.4 is 10.1 Å². The molecule has 0 fully saturated rings. The number of para-hydroxylation sites is 1. The number of amides is 1. The van der Waals surface area contributed by atoms with Crippen molar-refractivity contribution in [2.75, 3.05) is 11.9 Å². The van der Waals surface area contributed by atoms with E-state index in [1.165, 1.54) is 0 Å². The van der Waals surface area contributed by atoms with Crippen molar-refractivity contribution in [2.45, 2.75) is 20.4 Å². The van der Waals surface area contributed by atoms with Crippen molar-refractivity contribution in [3.63, 3.8) is 0 Å². The van der Waals surface area contributed by atoms with Gasteiger partial charge in [0.05, 0.1) is 12.1 Å². The minimum Gasteiger partial charge on any atom is -0.494 e. The molecule has 8 heteroatoms. The number of nitrogens with one attached hydrogen (secondary N) is 1. The Hall–Kier alpha value is -4.46. The summed E-state index contributed by atoms with van der Waals surface area (Å²) in [5.41, 5.74) is 4.00. The molecule has 0 aliphatic carbocycles. The number of fused-ring (bicyclic) bond motifs is 1. The van der Waals surface area contributed by atoms with E-state index in [0.29, 0.717) is 29.7 Å². The molecular formula is C26H23N5O3. The van der Waals surface area contributed by atoms with Gasteiger partial charge in [0.1, 0.15) is 12.3 Å². The molecule has 1 amide bonds. The van der Waals surface area contributed by atoms with Crippen molar-refractivity contribution < 1.29 is 14.1 Å². The van der Waals surface area contributed by atoms with E-state index < -0.39 is 0 Å². The van der Waals surface area contributed by atoms with Crippen LogP contribution in [0.25, 0.3) is 33.9 Å². The van der Waals surface area contributed by atoms with Crippen LogP contribution in [0.5, 0.6) is 5.75 Å². The van der Waals surface area contributed by atoms with Crippen LogP contribution in [0.2, 0.25) is 0 Å². The maximum absolute atomic E-state index is 12.7. The van der Waals surface area contributed by atoms with Gasteiger partial charge >= 0.3 is 0 Å². The molecule has 0 radical (unpaired) electrons. The van der Waals surface area contributed by atoms with Crippen molar-refractivity contribution in [3.8, 4) is 28.7 Å². The zero-order valence-corrected chi connectivity index (χ0v) is 18.9. The van der Waals surface area contributed by atoms with Crippen LogP contribution in [-0.2, 0) is 11.3 Å². The third-order valence-corrected chi connectivity index (χ3v) is 5.31. The monoisotopic (exact) mass is 453 g/mol. The number of nitrogens with zero attached hydrogens (tertiary/aromatic N) is 4. The Morgan fingerprint density at radius 2 is 1.88 bits per heavy atom. The van der Waals surface area contributed by atoms with Crippen LogP contribution in [-0.4, -0.2) is 32.4 Å². The molecule has 2 aromatic heterocycles. The van der Waals surface area contributed by atoms with Gasteiger partial charge in [-0.25, -0.2) is 0 Å². The third-order valence-electron chi connectivity index (χ3n) is 5.31. The zero-order chi connectivity index (χ0) is 23.5. The van der Waals surface area contributed by atoms with E-state index in [1.54, 1.807) is 16.8 Å². The number of rotatable bonds is 7. The molecule has 2 heterocycles. The molecule has 5 rings (SSSR count). The first kappa shape index (κ1) is 21.4. The summed E-state index contributed by atoms with van der Waals surface area (Å²) < 4.78 is 12.6. The van der Waals surface area contributed by atoms with Gasteiger partial charge in [0.15, 0.2) is 5.69 Å². The van der Waals surface area contributed by atoms with E-state index in [2.05, 4.69) is 20.6 Å². The Labute approximate surface area is 196 Å². The third kappa shape index (κ3) is 4.38. The van der Waals surface area contributed by atoms with Gasteiger partial charge < -0.3 is 14.6 Å². The number of carbonyl (C=O) groups is 1. The van der Waals surface area contributed by atoms with Crippen LogP contribution in [0.1, 0.15) is 12.5 Å². The molecule has 0 bridgehead atoms. The largest absolute Gasteiger partial charge is 0.494 e. The van der Waals surface area contributed by atoms with Crippen LogP contribution in [0.4, 0.5) is 5.69 Å². The summed E-state index contributed by atoms with van der Waals surface area (Å²) in [4.78, 5) is 17.3. The molecule has 5 aromatic rings. The van der Waals surface area contributed by atoms with Gasteiger partial charge in [-0.05, 0) is 50.2 Å². The first-order chi connectivity index (χ1) is 16.6. The van der Waals surface area contributed by atoms with Crippen LogP contribution >= 0.6 is 0 Å². The van der Waals surface area contributed by atoms with E-state index in [1.807, 2.05) is 74.5 Å². The Morgan fingerprint density at radius 3 is 2.68 bits per heavy atom. The molecule has 0 unspecified atom stereocenters. The average molecular weight is 454 g/mol. The fraction of sp³-hybridized carbons (Fsp3) is 0.154. The number of hydrogen-bond donors (Lipinski definition) is 1. The molecule has 170 valence electrons. The fourth-order valence-corrected chi connectivity index (χ4v) is 3.76. The maximum atomic E-state index is 12.7. The van der Waals surface area contributed by atoms with Gasteiger partial charge in [-0.15, -0.1) is 0 Å². The SMILES string of the molecule is CCOc1ccc(NC(=O)Cn2nc(-c3nc(-c4cccc(C)c4)no3)c3ccccc32)cc1. The number of benzene rings is 3. The van der Waals surface area contributed by atoms with Crippen molar-refractivity contribution in [1.82, 2.24) is 19.9 Å². The molecule has 34 heavy (non-hydrogen) atoms. The number of hydrogen-bond acceptors (Lipinski definition) is 6. The summed E-state index contributed by atoms with van der Waals surface area (Å²) in [6.45, 7) is 4.56. The van der Waals surface area contributed by atoms with Crippen LogP contribution in [0.15, 0.2) is 77.3 Å². The summed E-state index contributed by atoms with van der Waals surface area (Å²) in [6, 6.07) is 22.8. The minimum absolute atomic E-state index is 0.0343. The van der Waals surface area contributed by atoms with Crippen molar-refractivity contribution in [1.29, 1.82) is 0 Å². The van der Waals surface area contributed by atoms with Gasteiger partial charge in [0, 0.05) is 16.6 Å². The summed E-state index contributed by atoms with van der Waals surface area (Å²) in [5, 5.41) is 12.5. The lowest BCUT2D eigenvalue weighted by Gasteiger charge is -2.08. The average Bonchev–Trinajstić information content (AvgIpc) is 3.46. The van der Waals surface area contributed by atoms with E-state index in [-0.39, 0.29) is 12.5 Å². The van der Waals surface area contributed by atoms with Crippen molar-refractivity contribution in [3.05, 3.63) is 78.4 Å². The molecule has 8 nitrogen and oxygen atoms in total. The second-order valence-corrected chi connectivity index (χ2v) is 7.82. The second-order valence-electron chi connectivity index (χ2n) is 7.82. The minimum atomic E-state index is -0.199. The quantitative estimate of drug-likeness (QED) is 0.368. The molecule has 0 aliphatic rings. The van der Waals surface area contributed by atoms with E-state index >= 15 is 0 Å². The highest BCUT2D eigenvalue weighted by Gasteiger charge is 2.19. The Balaban J connectivity index is 1.40. The molecule has 0 spiro atoms. The molecule has 0 saturated heterocycles.